The molecule has 1 atom stereocenters. The highest BCUT2D eigenvalue weighted by molar-refractivity contribution is 5.69. The topological polar surface area (TPSA) is 46.5 Å². The third-order valence-corrected chi connectivity index (χ3v) is 4.77. The number of rotatable bonds is 18. The zero-order valence-corrected chi connectivity index (χ0v) is 16.4. The van der Waals surface area contributed by atoms with Crippen molar-refractivity contribution in [2.75, 3.05) is 13.2 Å². The SMILES string of the molecule is CCCCCCCCCC(CO)CCCCCCCC(=O)OCC. The van der Waals surface area contributed by atoms with Crippen LogP contribution in [0.15, 0.2) is 0 Å². The van der Waals surface area contributed by atoms with E-state index in [1.807, 2.05) is 6.92 Å². The Kier molecular flexibility index (Phi) is 18.3. The predicted molar refractivity (Wildman–Crippen MR) is 102 cm³/mol. The minimum atomic E-state index is -0.0625. The quantitative estimate of drug-likeness (QED) is 0.244. The van der Waals surface area contributed by atoms with Gasteiger partial charge in [-0.15, -0.1) is 0 Å². The Morgan fingerprint density at radius 3 is 1.79 bits per heavy atom. The van der Waals surface area contributed by atoms with Crippen molar-refractivity contribution >= 4 is 5.97 Å². The molecule has 0 aromatic rings. The van der Waals surface area contributed by atoms with Crippen LogP contribution in [0.4, 0.5) is 0 Å². The number of ether oxygens (including phenoxy) is 1. The standard InChI is InChI=1S/C21H42O3/c1-3-5-6-7-8-10-13-16-20(19-22)17-14-11-9-12-15-18-21(23)24-4-2/h20,22H,3-19H2,1-2H3. The summed E-state index contributed by atoms with van der Waals surface area (Å²) >= 11 is 0. The van der Waals surface area contributed by atoms with Crippen molar-refractivity contribution < 1.29 is 14.6 Å². The first kappa shape index (κ1) is 23.4. The summed E-state index contributed by atoms with van der Waals surface area (Å²) in [6.07, 6.45) is 18.0. The van der Waals surface area contributed by atoms with Crippen LogP contribution in [0.25, 0.3) is 0 Å². The van der Waals surface area contributed by atoms with E-state index in [4.69, 9.17) is 4.74 Å². The molecule has 0 fully saturated rings. The van der Waals surface area contributed by atoms with Gasteiger partial charge in [0.15, 0.2) is 0 Å². The Hall–Kier alpha value is -0.570. The molecule has 0 aromatic carbocycles. The van der Waals surface area contributed by atoms with Crippen LogP contribution in [0, 0.1) is 5.92 Å². The van der Waals surface area contributed by atoms with Crippen molar-refractivity contribution in [3.63, 3.8) is 0 Å². The highest BCUT2D eigenvalue weighted by Gasteiger charge is 2.07. The molecular weight excluding hydrogens is 300 g/mol. The number of carbonyl (C=O) groups is 1. The third kappa shape index (κ3) is 16.3. The molecule has 0 aromatic heterocycles. The average molecular weight is 343 g/mol. The number of unbranched alkanes of at least 4 members (excludes halogenated alkanes) is 10. The van der Waals surface area contributed by atoms with Crippen LogP contribution in [-0.2, 0) is 9.53 Å². The molecule has 0 aliphatic rings. The number of hydrogen-bond acceptors (Lipinski definition) is 3. The molecule has 3 heteroatoms. The van der Waals surface area contributed by atoms with Gasteiger partial charge in [0.1, 0.15) is 0 Å². The van der Waals surface area contributed by atoms with Crippen LogP contribution in [0.3, 0.4) is 0 Å². The van der Waals surface area contributed by atoms with E-state index < -0.39 is 0 Å². The summed E-state index contributed by atoms with van der Waals surface area (Å²) in [5.41, 5.74) is 0. The zero-order valence-electron chi connectivity index (χ0n) is 16.4. The monoisotopic (exact) mass is 342 g/mol. The summed E-state index contributed by atoms with van der Waals surface area (Å²) in [5.74, 6) is 0.438. The molecule has 0 radical (unpaired) electrons. The minimum Gasteiger partial charge on any atom is -0.466 e. The van der Waals surface area contributed by atoms with Gasteiger partial charge in [-0.25, -0.2) is 0 Å². The Balaban J connectivity index is 3.37. The van der Waals surface area contributed by atoms with Crippen LogP contribution in [-0.4, -0.2) is 24.3 Å². The number of hydrogen-bond donors (Lipinski definition) is 1. The minimum absolute atomic E-state index is 0.0625. The predicted octanol–water partition coefficient (Wildman–Crippen LogP) is 6.03. The van der Waals surface area contributed by atoms with Gasteiger partial charge >= 0.3 is 5.97 Å². The molecule has 24 heavy (non-hydrogen) atoms. The summed E-state index contributed by atoms with van der Waals surface area (Å²) in [5, 5.41) is 9.50. The first-order chi connectivity index (χ1) is 11.7. The molecule has 1 N–H and O–H groups in total. The maximum Gasteiger partial charge on any atom is 0.305 e. The summed E-state index contributed by atoms with van der Waals surface area (Å²) in [6.45, 7) is 4.94. The molecule has 0 spiro atoms. The lowest BCUT2D eigenvalue weighted by molar-refractivity contribution is -0.143. The van der Waals surface area contributed by atoms with Gasteiger partial charge in [0.2, 0.25) is 0 Å². The molecule has 0 rings (SSSR count). The van der Waals surface area contributed by atoms with Gasteiger partial charge in [0.25, 0.3) is 0 Å². The zero-order chi connectivity index (χ0) is 17.9. The number of esters is 1. The highest BCUT2D eigenvalue weighted by Crippen LogP contribution is 2.18. The van der Waals surface area contributed by atoms with Gasteiger partial charge in [0, 0.05) is 13.0 Å². The van der Waals surface area contributed by atoms with Gasteiger partial charge in [-0.05, 0) is 32.1 Å². The normalized spacial score (nSPS) is 12.3. The number of carbonyl (C=O) groups excluding carboxylic acids is 1. The van der Waals surface area contributed by atoms with E-state index in [0.29, 0.717) is 25.6 Å². The third-order valence-electron chi connectivity index (χ3n) is 4.77. The molecule has 0 aliphatic carbocycles. The van der Waals surface area contributed by atoms with Crippen molar-refractivity contribution in [1.82, 2.24) is 0 Å². The molecular formula is C21H42O3. The highest BCUT2D eigenvalue weighted by atomic mass is 16.5. The summed E-state index contributed by atoms with van der Waals surface area (Å²) < 4.78 is 4.92. The van der Waals surface area contributed by atoms with E-state index in [0.717, 1.165) is 19.3 Å². The molecule has 0 aliphatic heterocycles. The van der Waals surface area contributed by atoms with Gasteiger partial charge in [-0.1, -0.05) is 77.6 Å². The second-order valence-electron chi connectivity index (χ2n) is 7.07. The van der Waals surface area contributed by atoms with Crippen LogP contribution < -0.4 is 0 Å². The van der Waals surface area contributed by atoms with E-state index in [1.165, 1.54) is 70.6 Å². The Morgan fingerprint density at radius 1 is 0.792 bits per heavy atom. The van der Waals surface area contributed by atoms with Crippen LogP contribution in [0.2, 0.25) is 0 Å². The fourth-order valence-corrected chi connectivity index (χ4v) is 3.18. The van der Waals surface area contributed by atoms with Gasteiger partial charge in [0.05, 0.1) is 6.61 Å². The Labute approximate surface area is 150 Å². The lowest BCUT2D eigenvalue weighted by atomic mass is 9.95. The smallest absolute Gasteiger partial charge is 0.305 e. The second kappa shape index (κ2) is 18.8. The van der Waals surface area contributed by atoms with E-state index in [-0.39, 0.29) is 5.97 Å². The first-order valence-corrected chi connectivity index (χ1v) is 10.5. The maximum atomic E-state index is 11.2. The van der Waals surface area contributed by atoms with E-state index >= 15 is 0 Å². The molecule has 0 amide bonds. The number of aliphatic hydroxyl groups is 1. The van der Waals surface area contributed by atoms with Crippen molar-refractivity contribution in [2.24, 2.45) is 5.92 Å². The van der Waals surface area contributed by atoms with Gasteiger partial charge in [-0.3, -0.25) is 4.79 Å². The largest absolute Gasteiger partial charge is 0.466 e. The Morgan fingerprint density at radius 2 is 1.29 bits per heavy atom. The molecule has 3 nitrogen and oxygen atoms in total. The molecule has 0 heterocycles. The molecule has 0 saturated heterocycles. The van der Waals surface area contributed by atoms with Crippen molar-refractivity contribution in [3.8, 4) is 0 Å². The lowest BCUT2D eigenvalue weighted by Gasteiger charge is -2.13. The maximum absolute atomic E-state index is 11.2. The Bertz CT molecular complexity index is 266. The molecule has 144 valence electrons. The first-order valence-electron chi connectivity index (χ1n) is 10.5. The van der Waals surface area contributed by atoms with Crippen LogP contribution in [0.1, 0.15) is 110 Å². The van der Waals surface area contributed by atoms with Crippen molar-refractivity contribution in [2.45, 2.75) is 110 Å². The van der Waals surface area contributed by atoms with E-state index in [1.54, 1.807) is 0 Å². The number of aliphatic hydroxyl groups excluding tert-OH is 1. The summed E-state index contributed by atoms with van der Waals surface area (Å²) in [4.78, 5) is 11.2. The van der Waals surface area contributed by atoms with Gasteiger partial charge < -0.3 is 9.84 Å². The molecule has 0 saturated carbocycles. The molecule has 0 bridgehead atoms. The van der Waals surface area contributed by atoms with Crippen molar-refractivity contribution in [1.29, 1.82) is 0 Å². The van der Waals surface area contributed by atoms with Crippen molar-refractivity contribution in [3.05, 3.63) is 0 Å². The van der Waals surface area contributed by atoms with E-state index in [9.17, 15) is 9.90 Å². The average Bonchev–Trinajstić information content (AvgIpc) is 2.58. The van der Waals surface area contributed by atoms with E-state index in [2.05, 4.69) is 6.92 Å². The van der Waals surface area contributed by atoms with Gasteiger partial charge in [-0.2, -0.15) is 0 Å². The fourth-order valence-electron chi connectivity index (χ4n) is 3.18. The van der Waals surface area contributed by atoms with Crippen LogP contribution >= 0.6 is 0 Å². The van der Waals surface area contributed by atoms with Crippen LogP contribution in [0.5, 0.6) is 0 Å². The second-order valence-corrected chi connectivity index (χ2v) is 7.07. The molecule has 1 unspecified atom stereocenters. The summed E-state index contributed by atoms with van der Waals surface area (Å²) in [7, 11) is 0. The lowest BCUT2D eigenvalue weighted by Crippen LogP contribution is -2.06. The fraction of sp³-hybridized carbons (Fsp3) is 0.952. The summed E-state index contributed by atoms with van der Waals surface area (Å²) in [6, 6.07) is 0.